The Bertz CT molecular complexity index is 1220. The van der Waals surface area contributed by atoms with Crippen molar-refractivity contribution in [1.29, 1.82) is 0 Å². The quantitative estimate of drug-likeness (QED) is 0.269. The van der Waals surface area contributed by atoms with Crippen molar-refractivity contribution in [2.75, 3.05) is 18.1 Å². The number of anilines is 1. The Balaban J connectivity index is 2.15. The van der Waals surface area contributed by atoms with Crippen LogP contribution in [0.5, 0.6) is 0 Å². The number of hydrogen-bond donors (Lipinski definition) is 0. The molecule has 0 saturated carbocycles. The van der Waals surface area contributed by atoms with E-state index in [-0.39, 0.29) is 36.3 Å². The lowest BCUT2D eigenvalue weighted by atomic mass is 9.97. The van der Waals surface area contributed by atoms with E-state index < -0.39 is 65.8 Å². The summed E-state index contributed by atoms with van der Waals surface area (Å²) in [5, 5.41) is 0.248. The van der Waals surface area contributed by atoms with Gasteiger partial charge in [-0.05, 0) is 68.1 Å². The second kappa shape index (κ2) is 11.8. The lowest BCUT2D eigenvalue weighted by Crippen LogP contribution is -2.36. The Morgan fingerprint density at radius 1 is 1.03 bits per heavy atom. The molecule has 0 N–H and O–H groups in total. The van der Waals surface area contributed by atoms with Gasteiger partial charge in [-0.1, -0.05) is 17.7 Å². The molecular weight excluding hydrogens is 554 g/mol. The highest BCUT2D eigenvalue weighted by atomic mass is 35.5. The van der Waals surface area contributed by atoms with Crippen molar-refractivity contribution in [3.8, 4) is 0 Å². The summed E-state index contributed by atoms with van der Waals surface area (Å²) in [6, 6.07) is 4.69. The molecule has 13 heteroatoms. The number of carbonyl (C=O) groups excluding carboxylic acids is 3. The number of rotatable bonds is 6. The zero-order chi connectivity index (χ0) is 29.1. The van der Waals surface area contributed by atoms with Crippen molar-refractivity contribution < 1.29 is 45.5 Å². The number of ether oxygens (including phenoxy) is 1. The van der Waals surface area contributed by atoms with Crippen molar-refractivity contribution >= 4 is 35.1 Å². The molecule has 3 rings (SSSR count). The van der Waals surface area contributed by atoms with Crippen LogP contribution in [0.25, 0.3) is 0 Å². The number of amides is 2. The number of ketones is 1. The van der Waals surface area contributed by atoms with Gasteiger partial charge >= 0.3 is 18.4 Å². The first kappa shape index (κ1) is 30.3. The molecule has 1 unspecified atom stereocenters. The second-order valence-electron chi connectivity index (χ2n) is 9.03. The minimum absolute atomic E-state index is 0.00536. The van der Waals surface area contributed by atoms with E-state index in [1.165, 1.54) is 23.1 Å². The average Bonchev–Trinajstić information content (AvgIpc) is 3.00. The van der Waals surface area contributed by atoms with Crippen LogP contribution in [0.1, 0.15) is 61.4 Å². The fourth-order valence-electron chi connectivity index (χ4n) is 4.46. The van der Waals surface area contributed by atoms with Crippen LogP contribution in [0, 0.1) is 0 Å². The molecule has 2 aromatic rings. The zero-order valence-corrected chi connectivity index (χ0v) is 21.7. The Hall–Kier alpha value is -3.28. The standard InChI is InChI=1S/C26H25ClF6N2O4/c1-3-39-24(38)34-8-4-5-21(20-7-6-19(27)13-22(20)34)35(23(37)9-15(2)36)14-16-10-17(25(28,29)30)12-18(11-16)26(31,32)33/h6-7,10-13,21H,3-5,8-9,14H2,1-2H3. The third kappa shape index (κ3) is 7.43. The molecule has 0 fully saturated rings. The van der Waals surface area contributed by atoms with Gasteiger partial charge in [-0.15, -0.1) is 0 Å². The molecule has 0 spiro atoms. The van der Waals surface area contributed by atoms with Gasteiger partial charge in [0.1, 0.15) is 5.78 Å². The van der Waals surface area contributed by atoms with E-state index in [0.29, 0.717) is 24.1 Å². The molecule has 1 heterocycles. The lowest BCUT2D eigenvalue weighted by Gasteiger charge is -2.33. The molecule has 1 atom stereocenters. The summed E-state index contributed by atoms with van der Waals surface area (Å²) in [5.41, 5.74) is -2.80. The van der Waals surface area contributed by atoms with Crippen LogP contribution >= 0.6 is 11.6 Å². The van der Waals surface area contributed by atoms with E-state index in [1.54, 1.807) is 6.92 Å². The van der Waals surface area contributed by atoms with E-state index in [2.05, 4.69) is 0 Å². The summed E-state index contributed by atoms with van der Waals surface area (Å²) < 4.78 is 86.0. The smallest absolute Gasteiger partial charge is 0.416 e. The molecule has 39 heavy (non-hydrogen) atoms. The molecule has 0 aromatic heterocycles. The number of Topliss-reactive ketones (excluding diaryl/α,β-unsaturated/α-hetero) is 1. The first-order chi connectivity index (χ1) is 18.1. The van der Waals surface area contributed by atoms with Crippen molar-refractivity contribution in [3.63, 3.8) is 0 Å². The van der Waals surface area contributed by atoms with Gasteiger partial charge in [0.15, 0.2) is 0 Å². The number of carbonyl (C=O) groups is 3. The lowest BCUT2D eigenvalue weighted by molar-refractivity contribution is -0.143. The van der Waals surface area contributed by atoms with Gasteiger partial charge in [0.2, 0.25) is 5.91 Å². The summed E-state index contributed by atoms with van der Waals surface area (Å²) in [5.74, 6) is -1.33. The predicted octanol–water partition coefficient (Wildman–Crippen LogP) is 7.18. The maximum Gasteiger partial charge on any atom is 0.416 e. The van der Waals surface area contributed by atoms with Crippen LogP contribution < -0.4 is 4.90 Å². The Kier molecular flexibility index (Phi) is 9.20. The molecule has 6 nitrogen and oxygen atoms in total. The van der Waals surface area contributed by atoms with Crippen LogP contribution in [0.15, 0.2) is 36.4 Å². The van der Waals surface area contributed by atoms with Crippen molar-refractivity contribution in [2.45, 2.75) is 58.0 Å². The minimum Gasteiger partial charge on any atom is -0.449 e. The van der Waals surface area contributed by atoms with E-state index in [1.807, 2.05) is 0 Å². The van der Waals surface area contributed by atoms with Crippen LogP contribution in [0.3, 0.4) is 0 Å². The first-order valence-corrected chi connectivity index (χ1v) is 12.3. The van der Waals surface area contributed by atoms with Gasteiger partial charge in [-0.2, -0.15) is 26.3 Å². The number of halogens is 7. The molecule has 1 aliphatic heterocycles. The van der Waals surface area contributed by atoms with E-state index in [4.69, 9.17) is 16.3 Å². The molecule has 0 saturated heterocycles. The number of benzene rings is 2. The fraction of sp³-hybridized carbons (Fsp3) is 0.423. The fourth-order valence-corrected chi connectivity index (χ4v) is 4.63. The monoisotopic (exact) mass is 578 g/mol. The Labute approximate surface area is 225 Å². The highest BCUT2D eigenvalue weighted by Gasteiger charge is 2.38. The molecule has 2 aromatic carbocycles. The summed E-state index contributed by atoms with van der Waals surface area (Å²) in [6.07, 6.45) is -11.0. The summed E-state index contributed by atoms with van der Waals surface area (Å²) in [7, 11) is 0. The third-order valence-corrected chi connectivity index (χ3v) is 6.32. The average molecular weight is 579 g/mol. The zero-order valence-electron chi connectivity index (χ0n) is 21.0. The van der Waals surface area contributed by atoms with E-state index >= 15 is 0 Å². The van der Waals surface area contributed by atoms with Gasteiger partial charge in [-0.3, -0.25) is 14.5 Å². The van der Waals surface area contributed by atoms with Crippen LogP contribution in [-0.4, -0.2) is 35.8 Å². The molecule has 0 radical (unpaired) electrons. The van der Waals surface area contributed by atoms with Gasteiger partial charge in [-0.25, -0.2) is 4.79 Å². The van der Waals surface area contributed by atoms with Gasteiger partial charge in [0, 0.05) is 18.1 Å². The molecule has 2 amide bonds. The number of hydrogen-bond acceptors (Lipinski definition) is 4. The largest absolute Gasteiger partial charge is 0.449 e. The molecule has 212 valence electrons. The van der Waals surface area contributed by atoms with E-state index in [0.717, 1.165) is 11.8 Å². The number of alkyl halides is 6. The van der Waals surface area contributed by atoms with Crippen molar-refractivity contribution in [1.82, 2.24) is 4.90 Å². The maximum absolute atomic E-state index is 13.5. The van der Waals surface area contributed by atoms with Gasteiger partial charge in [0.25, 0.3) is 0 Å². The summed E-state index contributed by atoms with van der Waals surface area (Å²) in [6.45, 7) is 2.34. The summed E-state index contributed by atoms with van der Waals surface area (Å²) in [4.78, 5) is 40.1. The number of fused-ring (bicyclic) bond motifs is 1. The minimum atomic E-state index is -5.07. The predicted molar refractivity (Wildman–Crippen MR) is 130 cm³/mol. The SMILES string of the molecule is CCOC(=O)N1CCCC(N(Cc2cc(C(F)(F)F)cc(C(F)(F)F)c2)C(=O)CC(C)=O)c2ccc(Cl)cc21. The van der Waals surface area contributed by atoms with Crippen LogP contribution in [-0.2, 0) is 33.2 Å². The van der Waals surface area contributed by atoms with Crippen LogP contribution in [0.2, 0.25) is 5.02 Å². The second-order valence-corrected chi connectivity index (χ2v) is 9.46. The molecule has 1 aliphatic rings. The summed E-state index contributed by atoms with van der Waals surface area (Å²) >= 11 is 6.17. The maximum atomic E-state index is 13.5. The molecule has 0 bridgehead atoms. The Morgan fingerprint density at radius 2 is 1.64 bits per heavy atom. The normalized spacial score (nSPS) is 15.8. The Morgan fingerprint density at radius 3 is 2.18 bits per heavy atom. The highest BCUT2D eigenvalue weighted by molar-refractivity contribution is 6.31. The first-order valence-electron chi connectivity index (χ1n) is 11.9. The molecular formula is C26H25ClF6N2O4. The van der Waals surface area contributed by atoms with Gasteiger partial charge < -0.3 is 9.64 Å². The molecule has 0 aliphatic carbocycles. The van der Waals surface area contributed by atoms with E-state index in [9.17, 15) is 40.7 Å². The van der Waals surface area contributed by atoms with Gasteiger partial charge in [0.05, 0.1) is 35.9 Å². The van der Waals surface area contributed by atoms with Crippen molar-refractivity contribution in [3.05, 3.63) is 63.7 Å². The van der Waals surface area contributed by atoms with Crippen LogP contribution in [0.4, 0.5) is 36.8 Å². The third-order valence-electron chi connectivity index (χ3n) is 6.09. The van der Waals surface area contributed by atoms with Crippen molar-refractivity contribution in [2.24, 2.45) is 0 Å². The topological polar surface area (TPSA) is 66.9 Å². The highest BCUT2D eigenvalue weighted by Crippen LogP contribution is 2.41. The number of nitrogens with zero attached hydrogens (tertiary/aromatic N) is 2.